The second-order valence-corrected chi connectivity index (χ2v) is 8.88. The molecule has 0 saturated heterocycles. The van der Waals surface area contributed by atoms with Gasteiger partial charge in [-0.15, -0.1) is 0 Å². The SMILES string of the molecule is Cc1nn(Cc2cccc(NC(=O)CCn3nc(C(F)(F)F)cc3C3CC3)c2)c(C)c1Br. The topological polar surface area (TPSA) is 64.7 Å². The molecule has 1 aromatic carbocycles. The van der Waals surface area contributed by atoms with Gasteiger partial charge >= 0.3 is 6.18 Å². The van der Waals surface area contributed by atoms with Gasteiger partial charge in [-0.1, -0.05) is 12.1 Å². The first-order valence-electron chi connectivity index (χ1n) is 10.3. The number of hydrogen-bond donors (Lipinski definition) is 1. The molecule has 0 unspecified atom stereocenters. The number of carbonyl (C=O) groups excluding carboxylic acids is 1. The van der Waals surface area contributed by atoms with Crippen LogP contribution in [-0.2, 0) is 24.1 Å². The van der Waals surface area contributed by atoms with E-state index in [2.05, 4.69) is 31.4 Å². The normalized spacial score (nSPS) is 14.1. The van der Waals surface area contributed by atoms with Crippen LogP contribution in [0.4, 0.5) is 18.9 Å². The number of aromatic nitrogens is 4. The molecule has 0 radical (unpaired) electrons. The third kappa shape index (κ3) is 5.06. The first kappa shape index (κ1) is 22.6. The number of rotatable bonds is 7. The summed E-state index contributed by atoms with van der Waals surface area (Å²) in [4.78, 5) is 12.5. The number of aryl methyl sites for hydroxylation is 2. The highest BCUT2D eigenvalue weighted by atomic mass is 79.9. The summed E-state index contributed by atoms with van der Waals surface area (Å²) in [5.74, 6) is -0.172. The average molecular weight is 510 g/mol. The van der Waals surface area contributed by atoms with Crippen molar-refractivity contribution in [1.29, 1.82) is 0 Å². The van der Waals surface area contributed by atoms with E-state index in [1.165, 1.54) is 4.68 Å². The Morgan fingerprint density at radius 1 is 1.19 bits per heavy atom. The molecule has 4 rings (SSSR count). The van der Waals surface area contributed by atoms with Gasteiger partial charge in [-0.25, -0.2) is 0 Å². The molecular weight excluding hydrogens is 487 g/mol. The van der Waals surface area contributed by atoms with Crippen molar-refractivity contribution in [1.82, 2.24) is 19.6 Å². The van der Waals surface area contributed by atoms with E-state index in [0.717, 1.165) is 40.3 Å². The number of alkyl halides is 3. The van der Waals surface area contributed by atoms with Crippen LogP contribution in [0.2, 0.25) is 0 Å². The Morgan fingerprint density at radius 3 is 2.56 bits per heavy atom. The Hall–Kier alpha value is -2.62. The highest BCUT2D eigenvalue weighted by molar-refractivity contribution is 9.10. The molecule has 0 bridgehead atoms. The maximum atomic E-state index is 13.0. The summed E-state index contributed by atoms with van der Waals surface area (Å²) in [7, 11) is 0. The van der Waals surface area contributed by atoms with E-state index < -0.39 is 11.9 Å². The number of nitrogens with zero attached hydrogens (tertiary/aromatic N) is 4. The van der Waals surface area contributed by atoms with E-state index in [9.17, 15) is 18.0 Å². The minimum absolute atomic E-state index is 0.0351. The zero-order valence-corrected chi connectivity index (χ0v) is 19.3. The van der Waals surface area contributed by atoms with Crippen LogP contribution in [0.15, 0.2) is 34.8 Å². The Bertz CT molecular complexity index is 1150. The molecule has 10 heteroatoms. The molecule has 2 aromatic heterocycles. The summed E-state index contributed by atoms with van der Waals surface area (Å²) in [6, 6.07) is 8.55. The summed E-state index contributed by atoms with van der Waals surface area (Å²) in [5.41, 5.74) is 3.18. The summed E-state index contributed by atoms with van der Waals surface area (Å²) in [6.45, 7) is 4.56. The highest BCUT2D eigenvalue weighted by Crippen LogP contribution is 2.42. The van der Waals surface area contributed by atoms with E-state index in [1.54, 1.807) is 6.07 Å². The summed E-state index contributed by atoms with van der Waals surface area (Å²) >= 11 is 3.52. The zero-order valence-electron chi connectivity index (χ0n) is 17.7. The fourth-order valence-electron chi connectivity index (χ4n) is 3.64. The van der Waals surface area contributed by atoms with E-state index in [0.29, 0.717) is 17.9 Å². The van der Waals surface area contributed by atoms with E-state index >= 15 is 0 Å². The Balaban J connectivity index is 1.39. The van der Waals surface area contributed by atoms with E-state index in [4.69, 9.17) is 0 Å². The second kappa shape index (κ2) is 8.73. The van der Waals surface area contributed by atoms with Gasteiger partial charge in [0.1, 0.15) is 0 Å². The van der Waals surface area contributed by atoms with Gasteiger partial charge in [-0.3, -0.25) is 14.2 Å². The first-order valence-corrected chi connectivity index (χ1v) is 11.1. The lowest BCUT2D eigenvalue weighted by molar-refractivity contribution is -0.141. The van der Waals surface area contributed by atoms with Crippen LogP contribution in [0.1, 0.15) is 53.5 Å². The Kier molecular flexibility index (Phi) is 6.15. The number of amides is 1. The van der Waals surface area contributed by atoms with Crippen LogP contribution in [0.25, 0.3) is 0 Å². The van der Waals surface area contributed by atoms with Crippen LogP contribution in [0.3, 0.4) is 0 Å². The van der Waals surface area contributed by atoms with Gasteiger partial charge in [0.05, 0.1) is 22.4 Å². The van der Waals surface area contributed by atoms with Gasteiger partial charge in [-0.05, 0) is 66.4 Å². The average Bonchev–Trinajstić information content (AvgIpc) is 3.43. The molecule has 32 heavy (non-hydrogen) atoms. The van der Waals surface area contributed by atoms with Gasteiger partial charge in [0.15, 0.2) is 5.69 Å². The molecule has 6 nitrogen and oxygen atoms in total. The lowest BCUT2D eigenvalue weighted by Gasteiger charge is -2.10. The van der Waals surface area contributed by atoms with Crippen molar-refractivity contribution in [2.75, 3.05) is 5.32 Å². The van der Waals surface area contributed by atoms with Crippen molar-refractivity contribution < 1.29 is 18.0 Å². The van der Waals surface area contributed by atoms with Gasteiger partial charge in [0.2, 0.25) is 5.91 Å². The molecule has 1 N–H and O–H groups in total. The molecule has 1 amide bonds. The third-order valence-electron chi connectivity index (χ3n) is 5.48. The minimum atomic E-state index is -4.49. The molecule has 1 fully saturated rings. The van der Waals surface area contributed by atoms with Crippen LogP contribution >= 0.6 is 15.9 Å². The molecule has 0 atom stereocenters. The van der Waals surface area contributed by atoms with Gasteiger partial charge in [0, 0.05) is 30.3 Å². The number of benzene rings is 1. The largest absolute Gasteiger partial charge is 0.435 e. The minimum Gasteiger partial charge on any atom is -0.326 e. The molecule has 0 spiro atoms. The summed E-state index contributed by atoms with van der Waals surface area (Å²) < 4.78 is 43.3. The van der Waals surface area contributed by atoms with Crippen molar-refractivity contribution in [2.24, 2.45) is 0 Å². The first-order chi connectivity index (χ1) is 15.1. The smallest absolute Gasteiger partial charge is 0.326 e. The van der Waals surface area contributed by atoms with Gasteiger partial charge in [-0.2, -0.15) is 23.4 Å². The quantitative estimate of drug-likeness (QED) is 0.461. The van der Waals surface area contributed by atoms with Crippen molar-refractivity contribution in [3.05, 3.63) is 63.1 Å². The molecule has 2 heterocycles. The molecule has 0 aliphatic heterocycles. The predicted octanol–water partition coefficient (Wildman–Crippen LogP) is 5.43. The third-order valence-corrected chi connectivity index (χ3v) is 6.63. The van der Waals surface area contributed by atoms with Crippen LogP contribution in [-0.4, -0.2) is 25.5 Å². The van der Waals surface area contributed by atoms with E-state index in [1.807, 2.05) is 36.7 Å². The number of anilines is 1. The molecule has 1 aliphatic carbocycles. The fourth-order valence-corrected chi connectivity index (χ4v) is 3.92. The van der Waals surface area contributed by atoms with Crippen LogP contribution in [0, 0.1) is 13.8 Å². The Morgan fingerprint density at radius 2 is 1.94 bits per heavy atom. The van der Waals surface area contributed by atoms with Crippen molar-refractivity contribution in [2.45, 2.75) is 58.3 Å². The van der Waals surface area contributed by atoms with Crippen molar-refractivity contribution in [3.63, 3.8) is 0 Å². The molecular formula is C22H23BrF3N5O. The molecule has 1 saturated carbocycles. The highest BCUT2D eigenvalue weighted by Gasteiger charge is 2.37. The summed E-state index contributed by atoms with van der Waals surface area (Å²) in [6.07, 6.45) is -2.74. The number of halogens is 4. The fraction of sp³-hybridized carbons (Fsp3) is 0.409. The number of hydrogen-bond acceptors (Lipinski definition) is 3. The lowest BCUT2D eigenvalue weighted by atomic mass is 10.2. The standard InChI is InChI=1S/C22H23BrF3N5O/c1-13-21(23)14(2)31(28-13)12-15-4-3-5-17(10-15)27-20(32)8-9-30-18(16-6-7-16)11-19(29-30)22(24,25)26/h3-5,10-11,16H,6-9,12H2,1-2H3,(H,27,32). The summed E-state index contributed by atoms with van der Waals surface area (Å²) in [5, 5.41) is 11.0. The molecule has 170 valence electrons. The zero-order chi connectivity index (χ0) is 23.0. The van der Waals surface area contributed by atoms with Crippen LogP contribution in [0.5, 0.6) is 0 Å². The maximum absolute atomic E-state index is 13.0. The van der Waals surface area contributed by atoms with Gasteiger partial charge < -0.3 is 5.32 Å². The van der Waals surface area contributed by atoms with E-state index in [-0.39, 0.29) is 24.8 Å². The maximum Gasteiger partial charge on any atom is 0.435 e. The molecule has 1 aliphatic rings. The lowest BCUT2D eigenvalue weighted by Crippen LogP contribution is -2.16. The number of nitrogens with one attached hydrogen (secondary N) is 1. The second-order valence-electron chi connectivity index (χ2n) is 8.09. The number of carbonyl (C=O) groups is 1. The predicted molar refractivity (Wildman–Crippen MR) is 117 cm³/mol. The van der Waals surface area contributed by atoms with Crippen LogP contribution < -0.4 is 5.32 Å². The monoisotopic (exact) mass is 509 g/mol. The Labute approximate surface area is 191 Å². The van der Waals surface area contributed by atoms with Crippen molar-refractivity contribution >= 4 is 27.5 Å². The van der Waals surface area contributed by atoms with Gasteiger partial charge in [0.25, 0.3) is 0 Å². The van der Waals surface area contributed by atoms with Crippen molar-refractivity contribution in [3.8, 4) is 0 Å². The molecule has 3 aromatic rings.